The van der Waals surface area contributed by atoms with E-state index in [4.69, 9.17) is 16.2 Å². The summed E-state index contributed by atoms with van der Waals surface area (Å²) in [5, 5.41) is 0. The number of nitrogens with two attached hydrogens (primary N) is 2. The molecule has 0 radical (unpaired) electrons. The average molecular weight is 246 g/mol. The summed E-state index contributed by atoms with van der Waals surface area (Å²) in [6.45, 7) is 0. The van der Waals surface area contributed by atoms with Crippen molar-refractivity contribution in [2.45, 2.75) is 31.8 Å². The highest BCUT2D eigenvalue weighted by Crippen LogP contribution is 2.46. The maximum absolute atomic E-state index is 11.4. The number of hydrogen-bond donors (Lipinski definition) is 2. The molecule has 2 saturated carbocycles. The number of benzene rings is 1. The van der Waals surface area contributed by atoms with Gasteiger partial charge in [-0.15, -0.1) is 0 Å². The number of ether oxygens (including phenoxy) is 1. The molecule has 2 aliphatic rings. The first-order valence-electron chi connectivity index (χ1n) is 6.50. The van der Waals surface area contributed by atoms with Gasteiger partial charge in [-0.25, -0.2) is 0 Å². The molecule has 3 unspecified atom stereocenters. The van der Waals surface area contributed by atoms with Crippen molar-refractivity contribution in [3.05, 3.63) is 23.8 Å². The summed E-state index contributed by atoms with van der Waals surface area (Å²) in [7, 11) is 0. The highest BCUT2D eigenvalue weighted by atomic mass is 16.5. The molecule has 4 N–H and O–H groups in total. The third kappa shape index (κ3) is 1.82. The number of anilines is 1. The number of primary amides is 1. The summed E-state index contributed by atoms with van der Waals surface area (Å²) >= 11 is 0. The SMILES string of the molecule is NC(=O)c1cccc(N)c1OC1CC2CCC1C2. The van der Waals surface area contributed by atoms with Crippen LogP contribution in [0.4, 0.5) is 5.69 Å². The number of fused-ring (bicyclic) bond motifs is 2. The molecule has 0 saturated heterocycles. The van der Waals surface area contributed by atoms with Crippen LogP contribution in [0.2, 0.25) is 0 Å². The summed E-state index contributed by atoms with van der Waals surface area (Å²) in [5.74, 6) is 1.40. The number of carbonyl (C=O) groups excluding carboxylic acids is 1. The van der Waals surface area contributed by atoms with E-state index in [2.05, 4.69) is 0 Å². The molecule has 3 rings (SSSR count). The monoisotopic (exact) mass is 246 g/mol. The first kappa shape index (κ1) is 11.4. The molecule has 4 heteroatoms. The standard InChI is InChI=1S/C14H18N2O2/c15-11-3-1-2-10(14(16)17)13(11)18-12-7-8-4-5-9(12)6-8/h1-3,8-9,12H,4-7,15H2,(H2,16,17). The smallest absolute Gasteiger partial charge is 0.252 e. The minimum Gasteiger partial charge on any atom is -0.487 e. The van der Waals surface area contributed by atoms with Crippen LogP contribution in [0.3, 0.4) is 0 Å². The van der Waals surface area contributed by atoms with E-state index in [-0.39, 0.29) is 6.10 Å². The van der Waals surface area contributed by atoms with Gasteiger partial charge in [0.25, 0.3) is 5.91 Å². The zero-order chi connectivity index (χ0) is 12.7. The van der Waals surface area contributed by atoms with E-state index in [1.54, 1.807) is 18.2 Å². The maximum Gasteiger partial charge on any atom is 0.252 e. The Morgan fingerprint density at radius 1 is 1.28 bits per heavy atom. The molecule has 2 aliphatic carbocycles. The van der Waals surface area contributed by atoms with Crippen molar-refractivity contribution < 1.29 is 9.53 Å². The Hall–Kier alpha value is -1.71. The van der Waals surface area contributed by atoms with Gasteiger partial charge in [-0.2, -0.15) is 0 Å². The summed E-state index contributed by atoms with van der Waals surface area (Å²) in [4.78, 5) is 11.4. The van der Waals surface area contributed by atoms with Crippen molar-refractivity contribution in [1.82, 2.24) is 0 Å². The number of hydrogen-bond acceptors (Lipinski definition) is 3. The molecular formula is C14H18N2O2. The summed E-state index contributed by atoms with van der Waals surface area (Å²) < 4.78 is 6.01. The number of rotatable bonds is 3. The fourth-order valence-electron chi connectivity index (χ4n) is 3.36. The zero-order valence-corrected chi connectivity index (χ0v) is 10.3. The normalized spacial score (nSPS) is 29.4. The Bertz CT molecular complexity index is 487. The van der Waals surface area contributed by atoms with Gasteiger partial charge in [-0.3, -0.25) is 4.79 Å². The molecule has 2 bridgehead atoms. The number of para-hydroxylation sites is 1. The van der Waals surface area contributed by atoms with Gasteiger partial charge >= 0.3 is 0 Å². The molecule has 0 spiro atoms. The van der Waals surface area contributed by atoms with Crippen molar-refractivity contribution in [3.8, 4) is 5.75 Å². The Kier molecular flexibility index (Phi) is 2.65. The molecule has 4 nitrogen and oxygen atoms in total. The highest BCUT2D eigenvalue weighted by molar-refractivity contribution is 5.97. The van der Waals surface area contributed by atoms with E-state index >= 15 is 0 Å². The summed E-state index contributed by atoms with van der Waals surface area (Å²) in [5.41, 5.74) is 12.1. The molecule has 18 heavy (non-hydrogen) atoms. The lowest BCUT2D eigenvalue weighted by Gasteiger charge is -2.24. The van der Waals surface area contributed by atoms with Crippen LogP contribution in [0.25, 0.3) is 0 Å². The Balaban J connectivity index is 1.86. The van der Waals surface area contributed by atoms with Gasteiger partial charge in [0.2, 0.25) is 0 Å². The van der Waals surface area contributed by atoms with Crippen molar-refractivity contribution in [2.75, 3.05) is 5.73 Å². The van der Waals surface area contributed by atoms with Crippen molar-refractivity contribution in [1.29, 1.82) is 0 Å². The van der Waals surface area contributed by atoms with Crippen LogP contribution in [-0.2, 0) is 0 Å². The van der Waals surface area contributed by atoms with Crippen LogP contribution in [-0.4, -0.2) is 12.0 Å². The fraction of sp³-hybridized carbons (Fsp3) is 0.500. The maximum atomic E-state index is 11.4. The molecular weight excluding hydrogens is 228 g/mol. The summed E-state index contributed by atoms with van der Waals surface area (Å²) in [6.07, 6.45) is 5.08. The molecule has 3 atom stereocenters. The molecule has 1 amide bonds. The lowest BCUT2D eigenvalue weighted by atomic mass is 9.97. The zero-order valence-electron chi connectivity index (χ0n) is 10.3. The van der Waals surface area contributed by atoms with Gasteiger partial charge in [0, 0.05) is 0 Å². The predicted molar refractivity (Wildman–Crippen MR) is 69.2 cm³/mol. The van der Waals surface area contributed by atoms with Crippen LogP contribution in [0, 0.1) is 11.8 Å². The minimum absolute atomic E-state index is 0.201. The lowest BCUT2D eigenvalue weighted by molar-refractivity contribution is 0.0984. The molecule has 96 valence electrons. The number of nitrogen functional groups attached to an aromatic ring is 1. The van der Waals surface area contributed by atoms with E-state index in [1.807, 2.05) is 0 Å². The predicted octanol–water partition coefficient (Wildman–Crippen LogP) is 1.94. The molecule has 0 heterocycles. The van der Waals surface area contributed by atoms with Crippen LogP contribution < -0.4 is 16.2 Å². The van der Waals surface area contributed by atoms with Gasteiger partial charge in [0.15, 0.2) is 5.75 Å². The third-order valence-electron chi connectivity index (χ3n) is 4.25. The van der Waals surface area contributed by atoms with Crippen LogP contribution in [0.5, 0.6) is 5.75 Å². The van der Waals surface area contributed by atoms with Crippen molar-refractivity contribution in [2.24, 2.45) is 17.6 Å². The van der Waals surface area contributed by atoms with E-state index in [0.717, 1.165) is 12.3 Å². The molecule has 0 aromatic heterocycles. The second kappa shape index (κ2) is 4.19. The Labute approximate surface area is 106 Å². The lowest BCUT2D eigenvalue weighted by Crippen LogP contribution is -2.25. The largest absolute Gasteiger partial charge is 0.487 e. The fourth-order valence-corrected chi connectivity index (χ4v) is 3.36. The van der Waals surface area contributed by atoms with E-state index < -0.39 is 5.91 Å². The Morgan fingerprint density at radius 2 is 2.11 bits per heavy atom. The summed E-state index contributed by atoms with van der Waals surface area (Å²) in [6, 6.07) is 5.14. The van der Waals surface area contributed by atoms with E-state index in [9.17, 15) is 4.79 Å². The Morgan fingerprint density at radius 3 is 2.72 bits per heavy atom. The van der Waals surface area contributed by atoms with Crippen molar-refractivity contribution >= 4 is 11.6 Å². The average Bonchev–Trinajstić information content (AvgIpc) is 2.93. The minimum atomic E-state index is -0.486. The van der Waals surface area contributed by atoms with Crippen LogP contribution in [0.15, 0.2) is 18.2 Å². The van der Waals surface area contributed by atoms with E-state index in [1.165, 1.54) is 19.3 Å². The molecule has 1 aromatic carbocycles. The van der Waals surface area contributed by atoms with Gasteiger partial charge in [-0.1, -0.05) is 6.07 Å². The van der Waals surface area contributed by atoms with Gasteiger partial charge in [0.05, 0.1) is 11.3 Å². The molecule has 2 fully saturated rings. The third-order valence-corrected chi connectivity index (χ3v) is 4.25. The van der Waals surface area contributed by atoms with E-state index in [0.29, 0.717) is 22.9 Å². The quantitative estimate of drug-likeness (QED) is 0.800. The highest BCUT2D eigenvalue weighted by Gasteiger charge is 2.41. The number of amides is 1. The first-order valence-corrected chi connectivity index (χ1v) is 6.50. The first-order chi connectivity index (χ1) is 8.65. The second-order valence-corrected chi connectivity index (χ2v) is 5.42. The second-order valence-electron chi connectivity index (χ2n) is 5.42. The van der Waals surface area contributed by atoms with Gasteiger partial charge in [0.1, 0.15) is 6.10 Å². The van der Waals surface area contributed by atoms with Gasteiger partial charge in [-0.05, 0) is 49.7 Å². The molecule has 0 aliphatic heterocycles. The van der Waals surface area contributed by atoms with Gasteiger partial charge < -0.3 is 16.2 Å². The van der Waals surface area contributed by atoms with Crippen LogP contribution >= 0.6 is 0 Å². The van der Waals surface area contributed by atoms with Crippen molar-refractivity contribution in [3.63, 3.8) is 0 Å². The van der Waals surface area contributed by atoms with Crippen LogP contribution in [0.1, 0.15) is 36.0 Å². The number of carbonyl (C=O) groups is 1. The molecule has 1 aromatic rings. The topological polar surface area (TPSA) is 78.3 Å².